The minimum atomic E-state index is -0.548. The van der Waals surface area contributed by atoms with Gasteiger partial charge in [0.25, 0.3) is 5.91 Å². The predicted octanol–water partition coefficient (Wildman–Crippen LogP) is 1.60. The molecule has 28 heavy (non-hydrogen) atoms. The smallest absolute Gasteiger partial charge is 0.276 e. The van der Waals surface area contributed by atoms with Crippen LogP contribution in [0.2, 0.25) is 0 Å². The summed E-state index contributed by atoms with van der Waals surface area (Å²) in [6, 6.07) is 13.1. The molecule has 1 atom stereocenters. The van der Waals surface area contributed by atoms with Gasteiger partial charge in [0.05, 0.1) is 19.6 Å². The zero-order chi connectivity index (χ0) is 19.7. The van der Waals surface area contributed by atoms with Gasteiger partial charge in [-0.2, -0.15) is 0 Å². The molecule has 2 aromatic rings. The Kier molecular flexibility index (Phi) is 4.95. The quantitative estimate of drug-likeness (QED) is 0.850. The number of amides is 1. The monoisotopic (exact) mass is 396 g/mol. The summed E-state index contributed by atoms with van der Waals surface area (Å²) in [5.74, 6) is 1.93. The number of hydrogen-bond acceptors (Lipinski definition) is 7. The third-order valence-corrected chi connectivity index (χ3v) is 5.26. The minimum absolute atomic E-state index is 0.194. The first kappa shape index (κ1) is 18.4. The molecule has 0 saturated heterocycles. The van der Waals surface area contributed by atoms with Gasteiger partial charge in [0.1, 0.15) is 17.2 Å². The lowest BCUT2D eigenvalue weighted by atomic mass is 10.1. The van der Waals surface area contributed by atoms with Crippen LogP contribution >= 0.6 is 11.8 Å². The molecule has 0 aliphatic carbocycles. The maximum Gasteiger partial charge on any atom is 0.276 e. The highest BCUT2D eigenvalue weighted by Crippen LogP contribution is 2.37. The number of nitrogens with one attached hydrogen (secondary N) is 1. The molecule has 2 aliphatic heterocycles. The summed E-state index contributed by atoms with van der Waals surface area (Å²) < 4.78 is 11.0. The Morgan fingerprint density at radius 3 is 2.75 bits per heavy atom. The molecule has 2 aliphatic rings. The van der Waals surface area contributed by atoms with Crippen molar-refractivity contribution in [2.24, 2.45) is 10.1 Å². The maximum atomic E-state index is 12.9. The number of amidine groups is 1. The lowest BCUT2D eigenvalue weighted by molar-refractivity contribution is -0.116. The van der Waals surface area contributed by atoms with Crippen LogP contribution in [0.25, 0.3) is 5.70 Å². The van der Waals surface area contributed by atoms with Gasteiger partial charge in [-0.15, -0.1) is 5.10 Å². The van der Waals surface area contributed by atoms with Crippen LogP contribution in [0.5, 0.6) is 11.5 Å². The minimum Gasteiger partial charge on any atom is -0.497 e. The number of rotatable bonds is 4. The molecule has 1 N–H and O–H groups in total. The fraction of sp³-hybridized carbons (Fsp3) is 0.250. The van der Waals surface area contributed by atoms with E-state index in [-0.39, 0.29) is 5.91 Å². The van der Waals surface area contributed by atoms with Crippen LogP contribution in [0, 0.1) is 0 Å². The van der Waals surface area contributed by atoms with E-state index >= 15 is 0 Å². The predicted molar refractivity (Wildman–Crippen MR) is 108 cm³/mol. The second-order valence-electron chi connectivity index (χ2n) is 6.11. The summed E-state index contributed by atoms with van der Waals surface area (Å²) in [4.78, 5) is 17.8. The van der Waals surface area contributed by atoms with Gasteiger partial charge in [0.15, 0.2) is 11.3 Å². The Balaban J connectivity index is 1.97. The number of methoxy groups -OCH3 is 2. The van der Waals surface area contributed by atoms with Crippen LogP contribution < -0.4 is 25.4 Å². The van der Waals surface area contributed by atoms with Crippen LogP contribution in [-0.2, 0) is 4.79 Å². The number of hydrazone groups is 1. The normalized spacial score (nSPS) is 17.8. The first-order chi connectivity index (χ1) is 13.7. The van der Waals surface area contributed by atoms with E-state index in [0.29, 0.717) is 22.4 Å². The molecule has 2 heterocycles. The Labute approximate surface area is 166 Å². The molecule has 0 fully saturated rings. The summed E-state index contributed by atoms with van der Waals surface area (Å²) >= 11 is 1.47. The van der Waals surface area contributed by atoms with E-state index in [4.69, 9.17) is 14.5 Å². The fourth-order valence-electron chi connectivity index (χ4n) is 3.27. The largest absolute Gasteiger partial charge is 0.497 e. The van der Waals surface area contributed by atoms with Crippen molar-refractivity contribution in [3.63, 3.8) is 0 Å². The number of thioether (sulfide) groups is 1. The van der Waals surface area contributed by atoms with Crippen molar-refractivity contribution in [2.45, 2.75) is 13.1 Å². The van der Waals surface area contributed by atoms with Crippen LogP contribution in [0.15, 0.2) is 52.6 Å². The lowest BCUT2D eigenvalue weighted by Crippen LogP contribution is -2.50. The highest BCUT2D eigenvalue weighted by molar-refractivity contribution is 8.13. The highest BCUT2D eigenvalue weighted by Gasteiger charge is 2.35. The number of hydrogen-bond donors (Lipinski definition) is 1. The molecule has 0 saturated carbocycles. The average molecular weight is 396 g/mol. The number of carbonyl (C=O) groups excluding carboxylic acids is 1. The zero-order valence-electron chi connectivity index (χ0n) is 15.8. The van der Waals surface area contributed by atoms with Gasteiger partial charge in [-0.25, -0.2) is 5.01 Å². The molecular formula is C20H20N4O3S. The maximum absolute atomic E-state index is 12.9. The Hall–Kier alpha value is -3.00. The summed E-state index contributed by atoms with van der Waals surface area (Å²) in [5, 5.41) is 11.3. The van der Waals surface area contributed by atoms with Crippen LogP contribution in [0.4, 0.5) is 0 Å². The second kappa shape index (κ2) is 7.55. The van der Waals surface area contributed by atoms with Gasteiger partial charge in [-0.05, 0) is 30.0 Å². The van der Waals surface area contributed by atoms with Gasteiger partial charge in [-0.3, -0.25) is 15.1 Å². The number of carbonyl (C=O) groups is 1. The van der Waals surface area contributed by atoms with Gasteiger partial charge < -0.3 is 9.47 Å². The summed E-state index contributed by atoms with van der Waals surface area (Å²) in [6.45, 7) is 2.01. The van der Waals surface area contributed by atoms with Crippen molar-refractivity contribution in [3.05, 3.63) is 58.6 Å². The number of ether oxygens (including phenoxy) is 2. The molecule has 0 aromatic heterocycles. The standard InChI is InChI=1S/C20H20N4O3S/c1-4-28-20-22-19(25)17-13-7-5-6-8-15(13)21-18(24(17)23-20)14-11-12(26-2)9-10-16(14)27-3/h5-11,18H,4H2,1-3H3,(H,22,23,25). The van der Waals surface area contributed by atoms with E-state index in [9.17, 15) is 4.79 Å². The summed E-state index contributed by atoms with van der Waals surface area (Å²) in [6.07, 6.45) is -0.548. The molecule has 0 spiro atoms. The summed E-state index contributed by atoms with van der Waals surface area (Å²) in [7, 11) is 3.22. The van der Waals surface area contributed by atoms with E-state index in [2.05, 4.69) is 10.4 Å². The van der Waals surface area contributed by atoms with Gasteiger partial charge in [-0.1, -0.05) is 36.9 Å². The molecule has 1 unspecified atom stereocenters. The Morgan fingerprint density at radius 1 is 1.18 bits per heavy atom. The molecule has 0 bridgehead atoms. The lowest BCUT2D eigenvalue weighted by Gasteiger charge is -2.34. The molecule has 4 rings (SSSR count). The molecule has 144 valence electrons. The number of para-hydroxylation sites is 1. The van der Waals surface area contributed by atoms with Gasteiger partial charge >= 0.3 is 0 Å². The van der Waals surface area contributed by atoms with Crippen molar-refractivity contribution in [2.75, 3.05) is 20.0 Å². The summed E-state index contributed by atoms with van der Waals surface area (Å²) in [5.41, 5.74) is 1.24. The topological polar surface area (TPSA) is 75.5 Å². The van der Waals surface area contributed by atoms with Crippen LogP contribution in [0.3, 0.4) is 0 Å². The number of nitrogens with zero attached hydrogens (tertiary/aromatic N) is 3. The SMILES string of the molecule is CCSC1=NN2C(=c3ccccc3=NC2c2cc(OC)ccc2OC)C(=O)N1. The van der Waals surface area contributed by atoms with Crippen molar-refractivity contribution in [1.82, 2.24) is 10.3 Å². The average Bonchev–Trinajstić information content (AvgIpc) is 2.72. The van der Waals surface area contributed by atoms with E-state index in [1.165, 1.54) is 11.8 Å². The third-order valence-electron chi connectivity index (χ3n) is 4.51. The molecule has 7 nitrogen and oxygen atoms in total. The molecule has 2 aromatic carbocycles. The number of fused-ring (bicyclic) bond motifs is 2. The molecule has 1 amide bonds. The zero-order valence-corrected chi connectivity index (χ0v) is 16.6. The molecule has 0 radical (unpaired) electrons. The van der Waals surface area contributed by atoms with E-state index in [1.54, 1.807) is 19.2 Å². The van der Waals surface area contributed by atoms with Crippen molar-refractivity contribution < 1.29 is 14.3 Å². The van der Waals surface area contributed by atoms with Crippen LogP contribution in [0.1, 0.15) is 18.7 Å². The van der Waals surface area contributed by atoms with Crippen molar-refractivity contribution >= 4 is 28.5 Å². The van der Waals surface area contributed by atoms with E-state index in [1.807, 2.05) is 49.4 Å². The number of benzene rings is 2. The van der Waals surface area contributed by atoms with Crippen molar-refractivity contribution in [3.8, 4) is 11.5 Å². The first-order valence-electron chi connectivity index (χ1n) is 8.87. The fourth-order valence-corrected chi connectivity index (χ4v) is 3.86. The highest BCUT2D eigenvalue weighted by atomic mass is 32.2. The second-order valence-corrected chi connectivity index (χ2v) is 7.37. The molecule has 8 heteroatoms. The Morgan fingerprint density at radius 2 is 2.00 bits per heavy atom. The van der Waals surface area contributed by atoms with Crippen LogP contribution in [-0.4, -0.2) is 36.1 Å². The van der Waals surface area contributed by atoms with E-state index < -0.39 is 6.17 Å². The molecular weight excluding hydrogens is 376 g/mol. The third kappa shape index (κ3) is 3.09. The van der Waals surface area contributed by atoms with Gasteiger partial charge in [0.2, 0.25) is 0 Å². The van der Waals surface area contributed by atoms with E-state index in [0.717, 1.165) is 21.9 Å². The van der Waals surface area contributed by atoms with Gasteiger partial charge in [0, 0.05) is 10.8 Å². The van der Waals surface area contributed by atoms with Crippen molar-refractivity contribution in [1.29, 1.82) is 0 Å². The first-order valence-corrected chi connectivity index (χ1v) is 9.86. The Bertz CT molecular complexity index is 1080.